The molecule has 0 aliphatic heterocycles. The molecule has 0 saturated heterocycles. The number of carbonyl (C=O) groups excluding carboxylic acids is 1. The number of nitriles is 1. The number of nitrogens with one attached hydrogen (secondary N) is 2. The topological polar surface area (TPSA) is 134 Å². The normalized spacial score (nSPS) is 10.7. The number of rotatable bonds is 5. The van der Waals surface area contributed by atoms with Gasteiger partial charge in [-0.25, -0.2) is 0 Å². The summed E-state index contributed by atoms with van der Waals surface area (Å²) < 4.78 is 0. The van der Waals surface area contributed by atoms with Crippen molar-refractivity contribution in [3.05, 3.63) is 68.3 Å². The summed E-state index contributed by atoms with van der Waals surface area (Å²) in [5.74, 6) is -0.752. The van der Waals surface area contributed by atoms with E-state index in [1.165, 1.54) is 24.4 Å². The van der Waals surface area contributed by atoms with E-state index in [1.807, 2.05) is 0 Å². The zero-order chi connectivity index (χ0) is 19.3. The Bertz CT molecular complexity index is 953. The van der Waals surface area contributed by atoms with Crippen LogP contribution in [0.2, 0.25) is 10.0 Å². The Morgan fingerprint density at radius 2 is 1.88 bits per heavy atom. The van der Waals surface area contributed by atoms with Crippen LogP contribution in [0.15, 0.2) is 48.2 Å². The van der Waals surface area contributed by atoms with E-state index in [2.05, 4.69) is 10.6 Å². The number of nitrogen functional groups attached to an aromatic ring is 1. The lowest BCUT2D eigenvalue weighted by Gasteiger charge is -2.06. The van der Waals surface area contributed by atoms with Gasteiger partial charge in [0.05, 0.1) is 15.6 Å². The minimum atomic E-state index is -0.752. The minimum absolute atomic E-state index is 0.0639. The monoisotopic (exact) mass is 391 g/mol. The lowest BCUT2D eigenvalue weighted by atomic mass is 10.2. The van der Waals surface area contributed by atoms with Gasteiger partial charge in [0.1, 0.15) is 16.7 Å². The third-order valence-electron chi connectivity index (χ3n) is 3.15. The summed E-state index contributed by atoms with van der Waals surface area (Å²) in [5.41, 5.74) is 6.03. The molecule has 0 bridgehead atoms. The summed E-state index contributed by atoms with van der Waals surface area (Å²) in [6, 6.07) is 10.2. The lowest BCUT2D eigenvalue weighted by molar-refractivity contribution is -0.384. The molecule has 0 radical (unpaired) electrons. The molecule has 0 atom stereocenters. The quantitative estimate of drug-likeness (QED) is 0.232. The average molecular weight is 392 g/mol. The van der Waals surface area contributed by atoms with Crippen LogP contribution in [0.3, 0.4) is 0 Å². The van der Waals surface area contributed by atoms with Crippen LogP contribution in [0.25, 0.3) is 0 Å². The molecule has 2 rings (SSSR count). The smallest absolute Gasteiger partial charge is 0.289 e. The van der Waals surface area contributed by atoms with Gasteiger partial charge in [0.2, 0.25) is 0 Å². The molecule has 26 heavy (non-hydrogen) atoms. The Morgan fingerprint density at radius 1 is 1.19 bits per heavy atom. The SMILES string of the molecule is N#C/C(=C/Nc1ccc(N)c(Cl)c1)C(=O)Nc1ccc(Cl)c([N+](=O)[O-])c1. The molecule has 2 aromatic carbocycles. The summed E-state index contributed by atoms with van der Waals surface area (Å²) in [6.45, 7) is 0. The van der Waals surface area contributed by atoms with Crippen LogP contribution >= 0.6 is 23.2 Å². The number of nitrogens with two attached hydrogens (primary N) is 1. The van der Waals surface area contributed by atoms with Crippen molar-refractivity contribution in [1.82, 2.24) is 0 Å². The van der Waals surface area contributed by atoms with Gasteiger partial charge in [-0.2, -0.15) is 5.26 Å². The fraction of sp³-hybridized carbons (Fsp3) is 0. The molecule has 10 heteroatoms. The van der Waals surface area contributed by atoms with Gasteiger partial charge >= 0.3 is 0 Å². The van der Waals surface area contributed by atoms with E-state index in [-0.39, 0.29) is 22.0 Å². The molecule has 1 amide bonds. The Kier molecular flexibility index (Phi) is 6.01. The number of hydrogen-bond acceptors (Lipinski definition) is 6. The minimum Gasteiger partial charge on any atom is -0.398 e. The van der Waals surface area contributed by atoms with Gasteiger partial charge in [-0.1, -0.05) is 23.2 Å². The molecule has 0 aromatic heterocycles. The Labute approximate surface area is 158 Å². The molecule has 0 unspecified atom stereocenters. The highest BCUT2D eigenvalue weighted by Gasteiger charge is 2.15. The molecule has 0 aliphatic carbocycles. The molecule has 0 fully saturated rings. The number of halogens is 2. The third kappa shape index (κ3) is 4.63. The predicted molar refractivity (Wildman–Crippen MR) is 99.9 cm³/mol. The van der Waals surface area contributed by atoms with Crippen LogP contribution in [0.5, 0.6) is 0 Å². The Morgan fingerprint density at radius 3 is 2.50 bits per heavy atom. The highest BCUT2D eigenvalue weighted by molar-refractivity contribution is 6.33. The van der Waals surface area contributed by atoms with Gasteiger partial charge in [0.15, 0.2) is 0 Å². The number of anilines is 3. The predicted octanol–water partition coefficient (Wildman–Crippen LogP) is 3.94. The van der Waals surface area contributed by atoms with Crippen molar-refractivity contribution >= 4 is 51.9 Å². The third-order valence-corrected chi connectivity index (χ3v) is 3.80. The maximum atomic E-state index is 12.2. The van der Waals surface area contributed by atoms with Gasteiger partial charge in [-0.3, -0.25) is 14.9 Å². The van der Waals surface area contributed by atoms with Crippen molar-refractivity contribution < 1.29 is 9.72 Å². The van der Waals surface area contributed by atoms with Crippen LogP contribution in [-0.4, -0.2) is 10.8 Å². The van der Waals surface area contributed by atoms with E-state index >= 15 is 0 Å². The summed E-state index contributed by atoms with van der Waals surface area (Å²) in [4.78, 5) is 22.4. The zero-order valence-electron chi connectivity index (χ0n) is 13.0. The molecule has 0 heterocycles. The summed E-state index contributed by atoms with van der Waals surface area (Å²) >= 11 is 11.6. The first-order valence-electron chi connectivity index (χ1n) is 6.99. The standard InChI is InChI=1S/C16H11Cl2N5O3/c17-12-3-1-11(6-15(12)23(25)26)22-16(24)9(7-19)8-21-10-2-4-14(20)13(18)5-10/h1-6,8,21H,20H2,(H,22,24)/b9-8-. The van der Waals surface area contributed by atoms with Gasteiger partial charge in [-0.15, -0.1) is 0 Å². The molecular formula is C16H11Cl2N5O3. The highest BCUT2D eigenvalue weighted by Crippen LogP contribution is 2.27. The van der Waals surface area contributed by atoms with Crippen molar-refractivity contribution in [2.75, 3.05) is 16.4 Å². The second kappa shape index (κ2) is 8.20. The van der Waals surface area contributed by atoms with E-state index in [9.17, 15) is 14.9 Å². The van der Waals surface area contributed by atoms with Gasteiger partial charge in [0, 0.05) is 23.6 Å². The number of benzene rings is 2. The van der Waals surface area contributed by atoms with Crippen molar-refractivity contribution in [3.63, 3.8) is 0 Å². The molecule has 132 valence electrons. The summed E-state index contributed by atoms with van der Waals surface area (Å²) in [6.07, 6.45) is 1.18. The van der Waals surface area contributed by atoms with Crippen LogP contribution in [0.4, 0.5) is 22.7 Å². The van der Waals surface area contributed by atoms with Gasteiger partial charge < -0.3 is 16.4 Å². The molecule has 8 nitrogen and oxygen atoms in total. The Hall–Kier alpha value is -3.28. The number of amides is 1. The number of nitro groups is 1. The fourth-order valence-electron chi connectivity index (χ4n) is 1.85. The number of carbonyl (C=O) groups is 1. The average Bonchev–Trinajstić information content (AvgIpc) is 2.60. The van der Waals surface area contributed by atoms with Crippen LogP contribution < -0.4 is 16.4 Å². The van der Waals surface area contributed by atoms with Gasteiger partial charge in [-0.05, 0) is 30.3 Å². The number of hydrogen-bond donors (Lipinski definition) is 3. The van der Waals surface area contributed by atoms with E-state index in [4.69, 9.17) is 34.2 Å². The lowest BCUT2D eigenvalue weighted by Crippen LogP contribution is -2.14. The molecule has 2 aromatic rings. The highest BCUT2D eigenvalue weighted by atomic mass is 35.5. The van der Waals surface area contributed by atoms with Crippen molar-refractivity contribution in [2.45, 2.75) is 0 Å². The maximum absolute atomic E-state index is 12.2. The summed E-state index contributed by atoms with van der Waals surface area (Å²) in [5, 5.41) is 25.4. The molecule has 0 saturated carbocycles. The molecule has 0 aliphatic rings. The van der Waals surface area contributed by atoms with E-state index in [0.717, 1.165) is 6.07 Å². The summed E-state index contributed by atoms with van der Waals surface area (Å²) in [7, 11) is 0. The largest absolute Gasteiger partial charge is 0.398 e. The first kappa shape index (κ1) is 19.1. The number of nitrogens with zero attached hydrogens (tertiary/aromatic N) is 2. The van der Waals surface area contributed by atoms with E-state index in [1.54, 1.807) is 18.2 Å². The maximum Gasteiger partial charge on any atom is 0.289 e. The van der Waals surface area contributed by atoms with Gasteiger partial charge in [0.25, 0.3) is 11.6 Å². The molecule has 0 spiro atoms. The first-order valence-corrected chi connectivity index (χ1v) is 7.74. The molecule has 4 N–H and O–H groups in total. The van der Waals surface area contributed by atoms with E-state index in [0.29, 0.717) is 16.4 Å². The first-order chi connectivity index (χ1) is 12.3. The van der Waals surface area contributed by atoms with Crippen LogP contribution in [0, 0.1) is 21.4 Å². The van der Waals surface area contributed by atoms with Crippen LogP contribution in [0.1, 0.15) is 0 Å². The zero-order valence-corrected chi connectivity index (χ0v) is 14.5. The van der Waals surface area contributed by atoms with Crippen LogP contribution in [-0.2, 0) is 4.79 Å². The van der Waals surface area contributed by atoms with Crippen molar-refractivity contribution in [3.8, 4) is 6.07 Å². The van der Waals surface area contributed by atoms with Crippen molar-refractivity contribution in [2.24, 2.45) is 0 Å². The van der Waals surface area contributed by atoms with E-state index < -0.39 is 10.8 Å². The second-order valence-corrected chi connectivity index (χ2v) is 5.74. The Balaban J connectivity index is 2.16. The number of nitro benzene ring substituents is 1. The fourth-order valence-corrected chi connectivity index (χ4v) is 2.22. The second-order valence-electron chi connectivity index (χ2n) is 4.93. The molecular weight excluding hydrogens is 381 g/mol. The van der Waals surface area contributed by atoms with Crippen molar-refractivity contribution in [1.29, 1.82) is 5.26 Å².